The van der Waals surface area contributed by atoms with Crippen LogP contribution in [0.5, 0.6) is 0 Å². The van der Waals surface area contributed by atoms with Crippen molar-refractivity contribution < 1.29 is 23.9 Å². The fourth-order valence-electron chi connectivity index (χ4n) is 4.08. The Morgan fingerprint density at radius 1 is 1.00 bits per heavy atom. The van der Waals surface area contributed by atoms with Gasteiger partial charge in [0.15, 0.2) is 0 Å². The predicted octanol–water partition coefficient (Wildman–Crippen LogP) is 4.56. The van der Waals surface area contributed by atoms with Crippen molar-refractivity contribution in [2.75, 3.05) is 13.2 Å². The number of carbonyl (C=O) groups excluding carboxylic acids is 2. The van der Waals surface area contributed by atoms with Crippen molar-refractivity contribution in [1.82, 2.24) is 10.8 Å². The van der Waals surface area contributed by atoms with Crippen LogP contribution in [-0.4, -0.2) is 43.0 Å². The molecule has 0 fully saturated rings. The molecule has 0 aromatic heterocycles. The number of nitrogens with one attached hydrogen (secondary N) is 2. The van der Waals surface area contributed by atoms with Crippen LogP contribution < -0.4 is 10.8 Å². The Labute approximate surface area is 195 Å². The molecule has 7 heteroatoms. The number of rotatable bonds is 9. The second kappa shape index (κ2) is 10.8. The molecule has 1 aliphatic rings. The highest BCUT2D eigenvalue weighted by Gasteiger charge is 2.33. The van der Waals surface area contributed by atoms with Crippen molar-refractivity contribution in [2.24, 2.45) is 0 Å². The summed E-state index contributed by atoms with van der Waals surface area (Å²) in [4.78, 5) is 30.6. The van der Waals surface area contributed by atoms with Crippen molar-refractivity contribution in [3.8, 4) is 11.1 Å². The lowest BCUT2D eigenvalue weighted by atomic mass is 9.98. The molecule has 2 aromatic rings. The molecule has 0 bridgehead atoms. The molecule has 178 valence electrons. The quantitative estimate of drug-likeness (QED) is 0.429. The number of amides is 2. The summed E-state index contributed by atoms with van der Waals surface area (Å²) in [5.41, 5.74) is 6.45. The van der Waals surface area contributed by atoms with E-state index < -0.39 is 29.7 Å². The first-order valence-electron chi connectivity index (χ1n) is 11.4. The highest BCUT2D eigenvalue weighted by atomic mass is 16.7. The van der Waals surface area contributed by atoms with Gasteiger partial charge >= 0.3 is 6.09 Å². The highest BCUT2D eigenvalue weighted by Crippen LogP contribution is 2.44. The molecule has 2 aromatic carbocycles. The second-order valence-electron chi connectivity index (χ2n) is 9.20. The van der Waals surface area contributed by atoms with Crippen molar-refractivity contribution >= 4 is 12.0 Å². The van der Waals surface area contributed by atoms with Crippen LogP contribution in [-0.2, 0) is 19.1 Å². The Hall–Kier alpha value is -2.90. The number of fused-ring (bicyclic) bond motifs is 3. The summed E-state index contributed by atoms with van der Waals surface area (Å²) >= 11 is 0. The van der Waals surface area contributed by atoms with E-state index in [2.05, 4.69) is 35.1 Å². The van der Waals surface area contributed by atoms with E-state index in [4.69, 9.17) is 14.3 Å². The average molecular weight is 455 g/mol. The molecule has 1 aliphatic carbocycles. The lowest BCUT2D eigenvalue weighted by Crippen LogP contribution is -2.54. The zero-order valence-electron chi connectivity index (χ0n) is 20.0. The topological polar surface area (TPSA) is 85.9 Å². The lowest BCUT2D eigenvalue weighted by Gasteiger charge is -2.30. The van der Waals surface area contributed by atoms with E-state index in [1.54, 1.807) is 6.92 Å². The van der Waals surface area contributed by atoms with Gasteiger partial charge in [0.1, 0.15) is 12.6 Å². The molecule has 2 N–H and O–H groups in total. The third kappa shape index (κ3) is 6.33. The number of alkyl carbamates (subject to hydrolysis) is 1. The molecular weight excluding hydrogens is 420 g/mol. The maximum atomic E-state index is 12.7. The van der Waals surface area contributed by atoms with Crippen molar-refractivity contribution in [2.45, 2.75) is 64.7 Å². The first-order chi connectivity index (χ1) is 15.7. The van der Waals surface area contributed by atoms with Crippen molar-refractivity contribution in [3.63, 3.8) is 0 Å². The summed E-state index contributed by atoms with van der Waals surface area (Å²) < 4.78 is 11.5. The fraction of sp³-hybridized carbons (Fsp3) is 0.462. The monoisotopic (exact) mass is 454 g/mol. The SMILES string of the molecule is CCCONC(=O)C(NC(=O)OCC1c2ccccc2-c2ccccc21)C(C)OC(C)(C)C. The molecule has 0 heterocycles. The van der Waals surface area contributed by atoms with Gasteiger partial charge in [0, 0.05) is 5.92 Å². The summed E-state index contributed by atoms with van der Waals surface area (Å²) in [6.45, 7) is 9.87. The van der Waals surface area contributed by atoms with Crippen LogP contribution in [0, 0.1) is 0 Å². The summed E-state index contributed by atoms with van der Waals surface area (Å²) in [5.74, 6) is -0.555. The van der Waals surface area contributed by atoms with Gasteiger partial charge < -0.3 is 14.8 Å². The Kier molecular flexibility index (Phi) is 8.10. The summed E-state index contributed by atoms with van der Waals surface area (Å²) in [6.07, 6.45) is -0.536. The molecule has 33 heavy (non-hydrogen) atoms. The molecule has 7 nitrogen and oxygen atoms in total. The van der Waals surface area contributed by atoms with Gasteiger partial charge in [-0.2, -0.15) is 0 Å². The molecule has 2 amide bonds. The van der Waals surface area contributed by atoms with Crippen LogP contribution in [0.4, 0.5) is 4.79 Å². The summed E-state index contributed by atoms with van der Waals surface area (Å²) in [7, 11) is 0. The van der Waals surface area contributed by atoms with E-state index in [0.29, 0.717) is 6.61 Å². The Balaban J connectivity index is 1.68. The van der Waals surface area contributed by atoms with Gasteiger partial charge in [0.2, 0.25) is 0 Å². The van der Waals surface area contributed by atoms with Gasteiger partial charge in [-0.1, -0.05) is 55.5 Å². The van der Waals surface area contributed by atoms with E-state index in [9.17, 15) is 9.59 Å². The molecule has 2 unspecified atom stereocenters. The summed E-state index contributed by atoms with van der Waals surface area (Å²) in [5, 5.41) is 2.66. The maximum absolute atomic E-state index is 12.7. The zero-order chi connectivity index (χ0) is 24.0. The van der Waals surface area contributed by atoms with E-state index in [1.165, 1.54) is 0 Å². The Morgan fingerprint density at radius 3 is 2.12 bits per heavy atom. The zero-order valence-corrected chi connectivity index (χ0v) is 20.0. The lowest BCUT2D eigenvalue weighted by molar-refractivity contribution is -0.143. The van der Waals surface area contributed by atoms with Crippen LogP contribution >= 0.6 is 0 Å². The Bertz CT molecular complexity index is 924. The van der Waals surface area contributed by atoms with Gasteiger partial charge in [-0.25, -0.2) is 10.3 Å². The minimum Gasteiger partial charge on any atom is -0.449 e. The average Bonchev–Trinajstić information content (AvgIpc) is 3.08. The molecule has 0 spiro atoms. The van der Waals surface area contributed by atoms with E-state index >= 15 is 0 Å². The standard InChI is InChI=1S/C26H34N2O5/c1-6-15-32-28-24(29)23(17(2)33-26(3,4)5)27-25(30)31-16-22-20-13-9-7-11-18(20)19-12-8-10-14-21(19)22/h7-14,17,22-23H,6,15-16H2,1-5H3,(H,27,30)(H,28,29). The van der Waals surface area contributed by atoms with E-state index in [-0.39, 0.29) is 12.5 Å². The van der Waals surface area contributed by atoms with Crippen LogP contribution in [0.1, 0.15) is 58.1 Å². The number of carbonyl (C=O) groups is 2. The van der Waals surface area contributed by atoms with Gasteiger partial charge in [-0.05, 0) is 56.4 Å². The highest BCUT2D eigenvalue weighted by molar-refractivity contribution is 5.85. The summed E-state index contributed by atoms with van der Waals surface area (Å²) in [6, 6.07) is 15.3. The number of hydroxylamine groups is 1. The van der Waals surface area contributed by atoms with Crippen LogP contribution in [0.3, 0.4) is 0 Å². The molecule has 0 saturated carbocycles. The van der Waals surface area contributed by atoms with Crippen LogP contribution in [0.25, 0.3) is 11.1 Å². The predicted molar refractivity (Wildman–Crippen MR) is 127 cm³/mol. The molecule has 0 radical (unpaired) electrons. The van der Waals surface area contributed by atoms with Crippen LogP contribution in [0.15, 0.2) is 48.5 Å². The molecule has 0 saturated heterocycles. The van der Waals surface area contributed by atoms with Gasteiger partial charge in [0.25, 0.3) is 5.91 Å². The van der Waals surface area contributed by atoms with E-state index in [1.807, 2.05) is 52.0 Å². The fourth-order valence-corrected chi connectivity index (χ4v) is 4.08. The Morgan fingerprint density at radius 2 is 1.58 bits per heavy atom. The molecule has 3 rings (SSSR count). The first-order valence-corrected chi connectivity index (χ1v) is 11.4. The van der Waals surface area contributed by atoms with Gasteiger partial charge in [0.05, 0.1) is 18.3 Å². The molecule has 2 atom stereocenters. The van der Waals surface area contributed by atoms with Crippen LogP contribution in [0.2, 0.25) is 0 Å². The largest absolute Gasteiger partial charge is 0.449 e. The first kappa shape index (κ1) is 24.7. The molecular formula is C26H34N2O5. The third-order valence-corrected chi connectivity index (χ3v) is 5.39. The van der Waals surface area contributed by atoms with Gasteiger partial charge in [-0.3, -0.25) is 9.63 Å². The number of hydrogen-bond donors (Lipinski definition) is 2. The minimum atomic E-state index is -0.975. The number of hydrogen-bond acceptors (Lipinski definition) is 5. The second-order valence-corrected chi connectivity index (χ2v) is 9.20. The normalized spacial score (nSPS) is 14.7. The minimum absolute atomic E-state index is 0.0634. The smallest absolute Gasteiger partial charge is 0.407 e. The number of benzene rings is 2. The van der Waals surface area contributed by atoms with E-state index in [0.717, 1.165) is 28.7 Å². The third-order valence-electron chi connectivity index (χ3n) is 5.39. The van der Waals surface area contributed by atoms with Gasteiger partial charge in [-0.15, -0.1) is 0 Å². The van der Waals surface area contributed by atoms with Crippen molar-refractivity contribution in [1.29, 1.82) is 0 Å². The number of ether oxygens (including phenoxy) is 2. The van der Waals surface area contributed by atoms with Crippen molar-refractivity contribution in [3.05, 3.63) is 59.7 Å². The molecule has 0 aliphatic heterocycles. The maximum Gasteiger partial charge on any atom is 0.407 e.